The van der Waals surface area contributed by atoms with E-state index in [4.69, 9.17) is 0 Å². The third kappa shape index (κ3) is 5.38. The van der Waals surface area contributed by atoms with Crippen LogP contribution in [0.2, 0.25) is 0 Å². The molecule has 19 heavy (non-hydrogen) atoms. The summed E-state index contributed by atoms with van der Waals surface area (Å²) in [5.74, 6) is -0.288. The molecule has 0 aromatic rings. The van der Waals surface area contributed by atoms with Crippen molar-refractivity contribution in [1.82, 2.24) is 15.1 Å². The van der Waals surface area contributed by atoms with Crippen molar-refractivity contribution in [3.63, 3.8) is 0 Å². The molecule has 0 spiro atoms. The second-order valence-electron chi connectivity index (χ2n) is 5.98. The number of hydrogen-bond acceptors (Lipinski definition) is 4. The molecule has 1 fully saturated rings. The smallest absolute Gasteiger partial charge is 0.234 e. The number of carbonyl (C=O) groups is 3. The number of rotatable bonds is 5. The van der Waals surface area contributed by atoms with E-state index >= 15 is 0 Å². The van der Waals surface area contributed by atoms with E-state index in [-0.39, 0.29) is 29.8 Å². The van der Waals surface area contributed by atoms with E-state index in [0.29, 0.717) is 25.9 Å². The predicted octanol–water partition coefficient (Wildman–Crippen LogP) is -0.0181. The third-order valence-electron chi connectivity index (χ3n) is 2.79. The van der Waals surface area contributed by atoms with Crippen LogP contribution in [-0.2, 0) is 14.4 Å². The highest BCUT2D eigenvalue weighted by atomic mass is 16.2. The minimum atomic E-state index is -0.251. The van der Waals surface area contributed by atoms with Crippen molar-refractivity contribution < 1.29 is 14.4 Å². The molecule has 0 aromatic heterocycles. The maximum Gasteiger partial charge on any atom is 0.234 e. The van der Waals surface area contributed by atoms with Gasteiger partial charge in [0, 0.05) is 31.5 Å². The minimum absolute atomic E-state index is 0.0610. The highest BCUT2D eigenvalue weighted by Crippen LogP contribution is 2.10. The fourth-order valence-corrected chi connectivity index (χ4v) is 1.92. The second kappa shape index (κ2) is 6.14. The standard InChI is InChI=1S/C13H23N3O3/c1-13(2,3)14-10(17)9-15(4)7-8-16-11(18)5-6-12(16)19/h5-9H2,1-4H3,(H,14,17). The van der Waals surface area contributed by atoms with E-state index in [1.807, 2.05) is 20.8 Å². The highest BCUT2D eigenvalue weighted by molar-refractivity contribution is 6.01. The monoisotopic (exact) mass is 269 g/mol. The summed E-state index contributed by atoms with van der Waals surface area (Å²) in [6, 6.07) is 0. The number of carbonyl (C=O) groups excluding carboxylic acids is 3. The lowest BCUT2D eigenvalue weighted by Crippen LogP contribution is -2.46. The van der Waals surface area contributed by atoms with Crippen molar-refractivity contribution in [3.8, 4) is 0 Å². The summed E-state index contributed by atoms with van der Waals surface area (Å²) in [5, 5.41) is 2.87. The summed E-state index contributed by atoms with van der Waals surface area (Å²) in [6.07, 6.45) is 0.625. The molecule has 108 valence electrons. The summed E-state index contributed by atoms with van der Waals surface area (Å²) < 4.78 is 0. The van der Waals surface area contributed by atoms with Crippen LogP contribution in [0.3, 0.4) is 0 Å². The quantitative estimate of drug-likeness (QED) is 0.712. The Morgan fingerprint density at radius 3 is 2.26 bits per heavy atom. The molecule has 0 bridgehead atoms. The van der Waals surface area contributed by atoms with Gasteiger partial charge in [-0.15, -0.1) is 0 Å². The number of nitrogens with zero attached hydrogens (tertiary/aromatic N) is 2. The molecule has 6 heteroatoms. The zero-order chi connectivity index (χ0) is 14.6. The van der Waals surface area contributed by atoms with Gasteiger partial charge in [0.15, 0.2) is 0 Å². The Balaban J connectivity index is 2.32. The number of likely N-dealkylation sites (tertiary alicyclic amines) is 1. The third-order valence-corrected chi connectivity index (χ3v) is 2.79. The maximum absolute atomic E-state index is 11.7. The summed E-state index contributed by atoms with van der Waals surface area (Å²) in [5.41, 5.74) is -0.251. The van der Waals surface area contributed by atoms with Crippen LogP contribution in [0.5, 0.6) is 0 Å². The minimum Gasteiger partial charge on any atom is -0.350 e. The molecule has 1 aliphatic rings. The average Bonchev–Trinajstić information content (AvgIpc) is 2.53. The Labute approximate surface area is 114 Å². The lowest BCUT2D eigenvalue weighted by atomic mass is 10.1. The molecular weight excluding hydrogens is 246 g/mol. The van der Waals surface area contributed by atoms with E-state index in [1.54, 1.807) is 11.9 Å². The lowest BCUT2D eigenvalue weighted by molar-refractivity contribution is -0.138. The molecule has 0 atom stereocenters. The lowest BCUT2D eigenvalue weighted by Gasteiger charge is -2.24. The van der Waals surface area contributed by atoms with Gasteiger partial charge < -0.3 is 5.32 Å². The Bertz CT molecular complexity index is 358. The topological polar surface area (TPSA) is 69.7 Å². The molecule has 0 unspecified atom stereocenters. The molecule has 6 nitrogen and oxygen atoms in total. The van der Waals surface area contributed by atoms with Crippen molar-refractivity contribution in [1.29, 1.82) is 0 Å². The first-order valence-electron chi connectivity index (χ1n) is 6.52. The van der Waals surface area contributed by atoms with Crippen LogP contribution in [0.25, 0.3) is 0 Å². The number of likely N-dealkylation sites (N-methyl/N-ethyl adjacent to an activating group) is 1. The molecule has 0 radical (unpaired) electrons. The molecular formula is C13H23N3O3. The number of imide groups is 1. The van der Waals surface area contributed by atoms with E-state index < -0.39 is 0 Å². The fraction of sp³-hybridized carbons (Fsp3) is 0.769. The van der Waals surface area contributed by atoms with Crippen molar-refractivity contribution in [2.45, 2.75) is 39.2 Å². The first-order valence-corrected chi connectivity index (χ1v) is 6.52. The molecule has 1 heterocycles. The predicted molar refractivity (Wildman–Crippen MR) is 71.3 cm³/mol. The Hall–Kier alpha value is -1.43. The molecule has 1 saturated heterocycles. The molecule has 0 saturated carbocycles. The molecule has 0 aromatic carbocycles. The van der Waals surface area contributed by atoms with Gasteiger partial charge in [-0.25, -0.2) is 0 Å². The van der Waals surface area contributed by atoms with Gasteiger partial charge >= 0.3 is 0 Å². The van der Waals surface area contributed by atoms with Crippen LogP contribution in [0, 0.1) is 0 Å². The number of nitrogens with one attached hydrogen (secondary N) is 1. The average molecular weight is 269 g/mol. The van der Waals surface area contributed by atoms with Gasteiger partial charge in [0.1, 0.15) is 0 Å². The fourth-order valence-electron chi connectivity index (χ4n) is 1.92. The first-order chi connectivity index (χ1) is 8.69. The van der Waals surface area contributed by atoms with Crippen molar-refractivity contribution in [2.75, 3.05) is 26.7 Å². The molecule has 1 N–H and O–H groups in total. The first kappa shape index (κ1) is 15.6. The van der Waals surface area contributed by atoms with Gasteiger partial charge in [-0.05, 0) is 27.8 Å². The Morgan fingerprint density at radius 1 is 1.26 bits per heavy atom. The van der Waals surface area contributed by atoms with Gasteiger partial charge in [0.05, 0.1) is 6.54 Å². The number of hydrogen-bond donors (Lipinski definition) is 1. The second-order valence-corrected chi connectivity index (χ2v) is 5.98. The maximum atomic E-state index is 11.7. The molecule has 1 aliphatic heterocycles. The van der Waals surface area contributed by atoms with E-state index in [0.717, 1.165) is 0 Å². The largest absolute Gasteiger partial charge is 0.350 e. The number of amides is 3. The zero-order valence-electron chi connectivity index (χ0n) is 12.2. The SMILES string of the molecule is CN(CCN1C(=O)CCC1=O)CC(=O)NC(C)(C)C. The van der Waals surface area contributed by atoms with Crippen LogP contribution in [0.15, 0.2) is 0 Å². The molecule has 1 rings (SSSR count). The van der Waals surface area contributed by atoms with Crippen LogP contribution < -0.4 is 5.32 Å². The van der Waals surface area contributed by atoms with Crippen LogP contribution >= 0.6 is 0 Å². The van der Waals surface area contributed by atoms with Crippen LogP contribution in [0.1, 0.15) is 33.6 Å². The van der Waals surface area contributed by atoms with Crippen molar-refractivity contribution in [2.24, 2.45) is 0 Å². The van der Waals surface area contributed by atoms with Gasteiger partial charge in [-0.3, -0.25) is 24.2 Å². The normalized spacial score (nSPS) is 16.4. The Morgan fingerprint density at radius 2 is 1.79 bits per heavy atom. The van der Waals surface area contributed by atoms with Gasteiger partial charge in [-0.2, -0.15) is 0 Å². The zero-order valence-corrected chi connectivity index (χ0v) is 12.2. The molecule has 0 aliphatic carbocycles. The van der Waals surface area contributed by atoms with Gasteiger partial charge in [0.2, 0.25) is 17.7 Å². The Kier molecular flexibility index (Phi) is 5.05. The van der Waals surface area contributed by atoms with E-state index in [1.165, 1.54) is 4.90 Å². The summed E-state index contributed by atoms with van der Waals surface area (Å²) >= 11 is 0. The van der Waals surface area contributed by atoms with Gasteiger partial charge in [0.25, 0.3) is 0 Å². The van der Waals surface area contributed by atoms with E-state index in [9.17, 15) is 14.4 Å². The van der Waals surface area contributed by atoms with Crippen LogP contribution in [0.4, 0.5) is 0 Å². The van der Waals surface area contributed by atoms with Crippen molar-refractivity contribution in [3.05, 3.63) is 0 Å². The summed E-state index contributed by atoms with van der Waals surface area (Å²) in [4.78, 5) is 37.6. The van der Waals surface area contributed by atoms with Gasteiger partial charge in [-0.1, -0.05) is 0 Å². The molecule has 3 amide bonds. The summed E-state index contributed by atoms with van der Waals surface area (Å²) in [6.45, 7) is 6.89. The highest BCUT2D eigenvalue weighted by Gasteiger charge is 2.28. The van der Waals surface area contributed by atoms with Crippen LogP contribution in [-0.4, -0.2) is 59.7 Å². The summed E-state index contributed by atoms with van der Waals surface area (Å²) in [7, 11) is 1.80. The van der Waals surface area contributed by atoms with Crippen molar-refractivity contribution >= 4 is 17.7 Å². The van der Waals surface area contributed by atoms with E-state index in [2.05, 4.69) is 5.32 Å².